The fraction of sp³-hybridized carbons (Fsp3) is 0. The molecule has 4 heteroatoms. The van der Waals surface area contributed by atoms with E-state index in [4.69, 9.17) is 19.4 Å². The highest BCUT2D eigenvalue weighted by atomic mass is 16.3. The van der Waals surface area contributed by atoms with Crippen LogP contribution in [0.5, 0.6) is 0 Å². The molecule has 2 heterocycles. The quantitative estimate of drug-likeness (QED) is 0.209. The molecule has 45 heavy (non-hydrogen) atoms. The van der Waals surface area contributed by atoms with E-state index in [0.717, 1.165) is 60.5 Å². The van der Waals surface area contributed by atoms with Crippen LogP contribution < -0.4 is 0 Å². The Kier molecular flexibility index (Phi) is 5.78. The van der Waals surface area contributed by atoms with Gasteiger partial charge in [-0.25, -0.2) is 15.0 Å². The number of benzene rings is 7. The number of aromatic nitrogens is 3. The van der Waals surface area contributed by atoms with Crippen molar-refractivity contribution in [3.8, 4) is 45.3 Å². The highest BCUT2D eigenvalue weighted by Gasteiger charge is 2.21. The van der Waals surface area contributed by atoms with Crippen LogP contribution in [-0.4, -0.2) is 15.0 Å². The number of hydrogen-bond donors (Lipinski definition) is 0. The summed E-state index contributed by atoms with van der Waals surface area (Å²) >= 11 is 0. The smallest absolute Gasteiger partial charge is 0.164 e. The van der Waals surface area contributed by atoms with Crippen molar-refractivity contribution in [3.63, 3.8) is 0 Å². The first kappa shape index (κ1) is 25.4. The molecule has 0 bridgehead atoms. The Labute approximate surface area is 259 Å². The predicted molar refractivity (Wildman–Crippen MR) is 184 cm³/mol. The molecule has 0 saturated heterocycles. The summed E-state index contributed by atoms with van der Waals surface area (Å²) in [6.07, 6.45) is 0. The SMILES string of the molecule is c1ccc(-c2nc(-c3ccccc3)nc(-c3ccc(-c4cccc5ccccc45)c4oc5cc6ccccc6cc5c34)n2)cc1. The van der Waals surface area contributed by atoms with Gasteiger partial charge in [-0.1, -0.05) is 127 Å². The summed E-state index contributed by atoms with van der Waals surface area (Å²) in [5.41, 5.74) is 6.58. The summed E-state index contributed by atoms with van der Waals surface area (Å²) in [7, 11) is 0. The molecule has 0 spiro atoms. The van der Waals surface area contributed by atoms with Crippen LogP contribution in [0.25, 0.3) is 88.8 Å². The number of hydrogen-bond acceptors (Lipinski definition) is 4. The Bertz CT molecular complexity index is 2470. The van der Waals surface area contributed by atoms with E-state index in [1.807, 2.05) is 60.7 Å². The summed E-state index contributed by atoms with van der Waals surface area (Å²) in [4.78, 5) is 15.1. The van der Waals surface area contributed by atoms with Gasteiger partial charge in [-0.2, -0.15) is 0 Å². The van der Waals surface area contributed by atoms with Gasteiger partial charge < -0.3 is 4.42 Å². The standard InChI is InChI=1S/C41H25N3O/c1-3-13-27(14-4-1)39-42-40(28-15-5-2-6-16-28)44-41(43-39)34-23-22-33(32-21-11-19-26-12-9-10-20-31(26)32)38-37(34)35-24-29-17-7-8-18-30(29)25-36(35)45-38/h1-25H. The zero-order valence-electron chi connectivity index (χ0n) is 24.2. The summed E-state index contributed by atoms with van der Waals surface area (Å²) < 4.78 is 6.82. The van der Waals surface area contributed by atoms with Gasteiger partial charge in [-0.15, -0.1) is 0 Å². The van der Waals surface area contributed by atoms with Gasteiger partial charge in [0.2, 0.25) is 0 Å². The minimum Gasteiger partial charge on any atom is -0.455 e. The molecule has 0 fully saturated rings. The van der Waals surface area contributed by atoms with Crippen LogP contribution in [0.1, 0.15) is 0 Å². The lowest BCUT2D eigenvalue weighted by molar-refractivity contribution is 0.670. The van der Waals surface area contributed by atoms with E-state index >= 15 is 0 Å². The maximum absolute atomic E-state index is 6.82. The van der Waals surface area contributed by atoms with Crippen LogP contribution in [-0.2, 0) is 0 Å². The molecule has 0 aliphatic rings. The fourth-order valence-corrected chi connectivity index (χ4v) is 6.35. The minimum atomic E-state index is 0.605. The zero-order valence-corrected chi connectivity index (χ0v) is 24.2. The van der Waals surface area contributed by atoms with Gasteiger partial charge in [-0.05, 0) is 51.4 Å². The molecule has 0 unspecified atom stereocenters. The predicted octanol–water partition coefficient (Wildman–Crippen LogP) is 10.7. The number of fused-ring (bicyclic) bond motifs is 5. The van der Waals surface area contributed by atoms with Crippen molar-refractivity contribution in [3.05, 3.63) is 152 Å². The van der Waals surface area contributed by atoms with Crippen LogP contribution in [0.4, 0.5) is 0 Å². The minimum absolute atomic E-state index is 0.605. The van der Waals surface area contributed by atoms with Gasteiger partial charge in [-0.3, -0.25) is 0 Å². The third-order valence-corrected chi connectivity index (χ3v) is 8.51. The summed E-state index contributed by atoms with van der Waals surface area (Å²) in [6, 6.07) is 52.1. The molecular weight excluding hydrogens is 550 g/mol. The monoisotopic (exact) mass is 575 g/mol. The first-order valence-corrected chi connectivity index (χ1v) is 15.0. The highest BCUT2D eigenvalue weighted by molar-refractivity contribution is 6.19. The van der Waals surface area contributed by atoms with E-state index < -0.39 is 0 Å². The first-order chi connectivity index (χ1) is 22.3. The largest absolute Gasteiger partial charge is 0.455 e. The van der Waals surface area contributed by atoms with Gasteiger partial charge in [0.15, 0.2) is 17.5 Å². The average Bonchev–Trinajstić information content (AvgIpc) is 3.49. The number of nitrogens with zero attached hydrogens (tertiary/aromatic N) is 3. The van der Waals surface area contributed by atoms with Crippen LogP contribution in [0, 0.1) is 0 Å². The van der Waals surface area contributed by atoms with Crippen LogP contribution in [0.3, 0.4) is 0 Å². The lowest BCUT2D eigenvalue weighted by Crippen LogP contribution is -2.00. The van der Waals surface area contributed by atoms with Crippen molar-refractivity contribution in [2.75, 3.05) is 0 Å². The second-order valence-corrected chi connectivity index (χ2v) is 11.2. The van der Waals surface area contributed by atoms with Crippen molar-refractivity contribution in [1.82, 2.24) is 15.0 Å². The molecule has 0 aliphatic carbocycles. The van der Waals surface area contributed by atoms with E-state index in [2.05, 4.69) is 91.0 Å². The molecule has 0 aliphatic heterocycles. The Morgan fingerprint density at radius 3 is 1.64 bits per heavy atom. The topological polar surface area (TPSA) is 51.8 Å². The van der Waals surface area contributed by atoms with Crippen molar-refractivity contribution in [2.45, 2.75) is 0 Å². The molecule has 7 aromatic carbocycles. The number of furan rings is 1. The summed E-state index contributed by atoms with van der Waals surface area (Å²) in [6.45, 7) is 0. The Balaban J connectivity index is 1.38. The first-order valence-electron chi connectivity index (χ1n) is 15.0. The number of rotatable bonds is 4. The molecule has 0 saturated carbocycles. The van der Waals surface area contributed by atoms with Crippen molar-refractivity contribution in [1.29, 1.82) is 0 Å². The van der Waals surface area contributed by atoms with E-state index in [-0.39, 0.29) is 0 Å². The second-order valence-electron chi connectivity index (χ2n) is 11.2. The molecule has 0 radical (unpaired) electrons. The molecule has 9 aromatic rings. The Morgan fingerprint density at radius 2 is 0.933 bits per heavy atom. The summed E-state index contributed by atoms with van der Waals surface area (Å²) in [5.74, 6) is 1.86. The van der Waals surface area contributed by atoms with Crippen molar-refractivity contribution < 1.29 is 4.42 Å². The van der Waals surface area contributed by atoms with E-state index in [0.29, 0.717) is 17.5 Å². The zero-order chi connectivity index (χ0) is 29.7. The fourth-order valence-electron chi connectivity index (χ4n) is 6.35. The maximum atomic E-state index is 6.82. The van der Waals surface area contributed by atoms with Crippen molar-refractivity contribution >= 4 is 43.5 Å². The normalized spacial score (nSPS) is 11.6. The van der Waals surface area contributed by atoms with Gasteiger partial charge in [0.1, 0.15) is 11.2 Å². The highest BCUT2D eigenvalue weighted by Crippen LogP contribution is 2.44. The van der Waals surface area contributed by atoms with E-state index in [9.17, 15) is 0 Å². The molecule has 4 nitrogen and oxygen atoms in total. The van der Waals surface area contributed by atoms with Crippen molar-refractivity contribution in [2.24, 2.45) is 0 Å². The van der Waals surface area contributed by atoms with E-state index in [1.165, 1.54) is 10.8 Å². The lowest BCUT2D eigenvalue weighted by atomic mass is 9.94. The second kappa shape index (κ2) is 10.2. The molecule has 0 atom stereocenters. The molecule has 9 rings (SSSR count). The Hall–Kier alpha value is -6.13. The van der Waals surface area contributed by atoms with Gasteiger partial charge >= 0.3 is 0 Å². The van der Waals surface area contributed by atoms with Gasteiger partial charge in [0, 0.05) is 33.0 Å². The van der Waals surface area contributed by atoms with Gasteiger partial charge in [0.05, 0.1) is 0 Å². The third kappa shape index (κ3) is 4.27. The van der Waals surface area contributed by atoms with E-state index in [1.54, 1.807) is 0 Å². The molecule has 210 valence electrons. The average molecular weight is 576 g/mol. The van der Waals surface area contributed by atoms with Crippen LogP contribution in [0.15, 0.2) is 156 Å². The van der Waals surface area contributed by atoms with Gasteiger partial charge in [0.25, 0.3) is 0 Å². The third-order valence-electron chi connectivity index (χ3n) is 8.51. The molecule has 2 aromatic heterocycles. The van der Waals surface area contributed by atoms with Crippen LogP contribution in [0.2, 0.25) is 0 Å². The molecule has 0 amide bonds. The molecular formula is C41H25N3O. The maximum Gasteiger partial charge on any atom is 0.164 e. The lowest BCUT2D eigenvalue weighted by Gasteiger charge is -2.12. The molecule has 0 N–H and O–H groups in total. The Morgan fingerprint density at radius 1 is 0.378 bits per heavy atom. The summed E-state index contributed by atoms with van der Waals surface area (Å²) in [5, 5.41) is 6.67. The van der Waals surface area contributed by atoms with Crippen LogP contribution >= 0.6 is 0 Å².